The largest absolute Gasteiger partial charge is 0.450 e. The summed E-state index contributed by atoms with van der Waals surface area (Å²) in [5.74, 6) is -0.738. The molecule has 1 amide bonds. The molecule has 1 aromatic carbocycles. The van der Waals surface area contributed by atoms with Crippen LogP contribution in [0.3, 0.4) is 0 Å². The maximum Gasteiger partial charge on any atom is 0.331 e. The Morgan fingerprint density at radius 2 is 2.08 bits per heavy atom. The molecule has 0 radical (unpaired) electrons. The number of halogens is 1. The average Bonchev–Trinajstić information content (AvgIpc) is 2.99. The lowest BCUT2D eigenvalue weighted by molar-refractivity contribution is -0.148. The number of benzene rings is 1. The molecule has 0 aliphatic rings. The first kappa shape index (κ1) is 17.5. The van der Waals surface area contributed by atoms with Gasteiger partial charge in [0, 0.05) is 6.08 Å². The standard InChI is InChI=1S/C17H13BrN2O4/c1-11(17(22)20-14-5-3-2-4-12(14)10-19)23-16(21)9-7-13-6-8-15(18)24-13/h2-9,11H,1H3,(H,20,22)/t11-/m0/s1. The van der Waals surface area contributed by atoms with Crippen molar-refractivity contribution in [2.45, 2.75) is 13.0 Å². The summed E-state index contributed by atoms with van der Waals surface area (Å²) in [5.41, 5.74) is 0.691. The molecule has 24 heavy (non-hydrogen) atoms. The van der Waals surface area contributed by atoms with Gasteiger partial charge in [0.2, 0.25) is 0 Å². The topological polar surface area (TPSA) is 92.3 Å². The molecule has 6 nitrogen and oxygen atoms in total. The van der Waals surface area contributed by atoms with Crippen molar-refractivity contribution >= 4 is 39.6 Å². The molecule has 0 bridgehead atoms. The number of nitrogens with zero attached hydrogens (tertiary/aromatic N) is 1. The van der Waals surface area contributed by atoms with Crippen LogP contribution < -0.4 is 5.32 Å². The van der Waals surface area contributed by atoms with E-state index in [0.717, 1.165) is 6.08 Å². The minimum Gasteiger partial charge on any atom is -0.450 e. The minimum atomic E-state index is -1.02. The van der Waals surface area contributed by atoms with Gasteiger partial charge in [-0.15, -0.1) is 0 Å². The molecule has 0 aliphatic carbocycles. The Balaban J connectivity index is 1.92. The third-order valence-electron chi connectivity index (χ3n) is 2.95. The number of carbonyl (C=O) groups is 2. The van der Waals surface area contributed by atoms with E-state index in [-0.39, 0.29) is 0 Å². The zero-order valence-corrected chi connectivity index (χ0v) is 14.2. The lowest BCUT2D eigenvalue weighted by Gasteiger charge is -2.13. The quantitative estimate of drug-likeness (QED) is 0.624. The minimum absolute atomic E-state index is 0.327. The summed E-state index contributed by atoms with van der Waals surface area (Å²) in [6, 6.07) is 11.9. The first-order valence-electron chi connectivity index (χ1n) is 6.93. The number of nitrogens with one attached hydrogen (secondary N) is 1. The molecule has 0 saturated heterocycles. The van der Waals surface area contributed by atoms with Gasteiger partial charge < -0.3 is 14.5 Å². The van der Waals surface area contributed by atoms with E-state index >= 15 is 0 Å². The first-order chi connectivity index (χ1) is 11.5. The molecule has 2 aromatic rings. The van der Waals surface area contributed by atoms with E-state index in [1.54, 1.807) is 36.4 Å². The molecule has 0 unspecified atom stereocenters. The Kier molecular flexibility index (Phi) is 5.93. The highest BCUT2D eigenvalue weighted by molar-refractivity contribution is 9.10. The second-order valence-corrected chi connectivity index (χ2v) is 5.48. The van der Waals surface area contributed by atoms with Crippen molar-refractivity contribution < 1.29 is 18.7 Å². The van der Waals surface area contributed by atoms with Crippen molar-refractivity contribution in [1.82, 2.24) is 0 Å². The fourth-order valence-corrected chi connectivity index (χ4v) is 2.08. The van der Waals surface area contributed by atoms with Crippen molar-refractivity contribution in [3.8, 4) is 6.07 Å². The maximum absolute atomic E-state index is 12.0. The number of ether oxygens (including phenoxy) is 1. The van der Waals surface area contributed by atoms with Crippen molar-refractivity contribution in [3.63, 3.8) is 0 Å². The summed E-state index contributed by atoms with van der Waals surface area (Å²) in [7, 11) is 0. The monoisotopic (exact) mass is 388 g/mol. The molecule has 0 fully saturated rings. The van der Waals surface area contributed by atoms with Gasteiger partial charge in [0.05, 0.1) is 11.3 Å². The number of nitriles is 1. The molecule has 2 rings (SSSR count). The van der Waals surface area contributed by atoms with Crippen molar-refractivity contribution in [1.29, 1.82) is 5.26 Å². The van der Waals surface area contributed by atoms with Crippen LogP contribution in [0.2, 0.25) is 0 Å². The molecule has 1 heterocycles. The van der Waals surface area contributed by atoms with Crippen LogP contribution in [-0.2, 0) is 14.3 Å². The lowest BCUT2D eigenvalue weighted by atomic mass is 10.2. The fraction of sp³-hybridized carbons (Fsp3) is 0.118. The number of anilines is 1. The van der Waals surface area contributed by atoms with Gasteiger partial charge in [0.15, 0.2) is 10.8 Å². The van der Waals surface area contributed by atoms with E-state index in [0.29, 0.717) is 21.7 Å². The molecular formula is C17H13BrN2O4. The van der Waals surface area contributed by atoms with Gasteiger partial charge in [-0.1, -0.05) is 12.1 Å². The summed E-state index contributed by atoms with van der Waals surface area (Å²) < 4.78 is 10.8. The van der Waals surface area contributed by atoms with Gasteiger partial charge in [-0.2, -0.15) is 5.26 Å². The number of para-hydroxylation sites is 1. The molecular weight excluding hydrogens is 376 g/mol. The molecule has 0 aliphatic heterocycles. The maximum atomic E-state index is 12.0. The second-order valence-electron chi connectivity index (χ2n) is 4.70. The van der Waals surface area contributed by atoms with Gasteiger partial charge in [-0.05, 0) is 53.2 Å². The fourth-order valence-electron chi connectivity index (χ4n) is 1.76. The van der Waals surface area contributed by atoms with Gasteiger partial charge in [0.1, 0.15) is 11.8 Å². The molecule has 1 N–H and O–H groups in total. The number of hydrogen-bond acceptors (Lipinski definition) is 5. The zero-order chi connectivity index (χ0) is 17.5. The summed E-state index contributed by atoms with van der Waals surface area (Å²) >= 11 is 3.15. The van der Waals surface area contributed by atoms with Crippen molar-refractivity contribution in [2.75, 3.05) is 5.32 Å². The normalized spacial score (nSPS) is 11.7. The first-order valence-corrected chi connectivity index (χ1v) is 7.73. The Hall–Kier alpha value is -2.85. The number of amides is 1. The number of esters is 1. The predicted molar refractivity (Wildman–Crippen MR) is 90.8 cm³/mol. The Morgan fingerprint density at radius 1 is 1.33 bits per heavy atom. The number of furan rings is 1. The zero-order valence-electron chi connectivity index (χ0n) is 12.7. The van der Waals surface area contributed by atoms with Gasteiger partial charge >= 0.3 is 5.97 Å². The Labute approximate surface area is 146 Å². The van der Waals surface area contributed by atoms with Gasteiger partial charge in [0.25, 0.3) is 5.91 Å². The van der Waals surface area contributed by atoms with E-state index in [9.17, 15) is 9.59 Å². The van der Waals surface area contributed by atoms with E-state index in [1.165, 1.54) is 13.0 Å². The number of carbonyl (C=O) groups excluding carboxylic acids is 2. The van der Waals surface area contributed by atoms with Crippen LogP contribution in [0, 0.1) is 11.3 Å². The molecule has 7 heteroatoms. The van der Waals surface area contributed by atoms with E-state index in [4.69, 9.17) is 14.4 Å². The summed E-state index contributed by atoms with van der Waals surface area (Å²) in [5, 5.41) is 11.5. The number of rotatable bonds is 5. The second kappa shape index (κ2) is 8.13. The SMILES string of the molecule is C[C@H](OC(=O)C=Cc1ccc(Br)o1)C(=O)Nc1ccccc1C#N. The highest BCUT2D eigenvalue weighted by Crippen LogP contribution is 2.16. The van der Waals surface area contributed by atoms with Crippen molar-refractivity contribution in [3.05, 3.63) is 58.5 Å². The van der Waals surface area contributed by atoms with Crippen LogP contribution in [0.25, 0.3) is 6.08 Å². The van der Waals surface area contributed by atoms with E-state index in [1.807, 2.05) is 6.07 Å². The molecule has 122 valence electrons. The smallest absolute Gasteiger partial charge is 0.331 e. The van der Waals surface area contributed by atoms with Crippen LogP contribution in [0.5, 0.6) is 0 Å². The summed E-state index contributed by atoms with van der Waals surface area (Å²) in [4.78, 5) is 23.8. The van der Waals surface area contributed by atoms with Crippen LogP contribution >= 0.6 is 15.9 Å². The van der Waals surface area contributed by atoms with E-state index in [2.05, 4.69) is 21.2 Å². The van der Waals surface area contributed by atoms with Crippen LogP contribution in [0.15, 0.2) is 51.6 Å². The molecule has 0 saturated carbocycles. The van der Waals surface area contributed by atoms with Gasteiger partial charge in [-0.3, -0.25) is 4.79 Å². The lowest BCUT2D eigenvalue weighted by Crippen LogP contribution is -2.29. The molecule has 1 atom stereocenters. The average molecular weight is 389 g/mol. The Morgan fingerprint density at radius 3 is 2.75 bits per heavy atom. The van der Waals surface area contributed by atoms with E-state index < -0.39 is 18.0 Å². The highest BCUT2D eigenvalue weighted by Gasteiger charge is 2.17. The third-order valence-corrected chi connectivity index (χ3v) is 3.37. The predicted octanol–water partition coefficient (Wildman–Crippen LogP) is 3.50. The molecule has 1 aromatic heterocycles. The Bertz CT molecular complexity index is 820. The van der Waals surface area contributed by atoms with Crippen LogP contribution in [-0.4, -0.2) is 18.0 Å². The van der Waals surface area contributed by atoms with Gasteiger partial charge in [-0.25, -0.2) is 4.79 Å². The number of hydrogen-bond donors (Lipinski definition) is 1. The highest BCUT2D eigenvalue weighted by atomic mass is 79.9. The summed E-state index contributed by atoms with van der Waals surface area (Å²) in [6.45, 7) is 1.44. The van der Waals surface area contributed by atoms with Crippen molar-refractivity contribution in [2.24, 2.45) is 0 Å². The van der Waals surface area contributed by atoms with Crippen LogP contribution in [0.1, 0.15) is 18.2 Å². The third kappa shape index (κ3) is 4.83. The molecule has 0 spiro atoms. The van der Waals surface area contributed by atoms with Crippen LogP contribution in [0.4, 0.5) is 5.69 Å². The summed E-state index contributed by atoms with van der Waals surface area (Å²) in [6.07, 6.45) is 1.58.